The third-order valence-electron chi connectivity index (χ3n) is 5.07. The van der Waals surface area contributed by atoms with Crippen LogP contribution >= 0.6 is 23.2 Å². The number of sulfonamides is 1. The van der Waals surface area contributed by atoms with Crippen molar-refractivity contribution in [3.8, 4) is 0 Å². The number of carbonyl (C=O) groups is 1. The van der Waals surface area contributed by atoms with Crippen molar-refractivity contribution < 1.29 is 40.0 Å². The third kappa shape index (κ3) is 7.01. The number of anilines is 2. The molecule has 1 aromatic rings. The first kappa shape index (κ1) is 27.0. The molecular weight excluding hydrogens is 479 g/mol. The molecule has 9 nitrogen and oxygen atoms in total. The second kappa shape index (κ2) is 11.0. The van der Waals surface area contributed by atoms with Gasteiger partial charge in [0.05, 0.1) is 61.0 Å². The number of nitrogens with one attached hydrogen (secondary N) is 1. The van der Waals surface area contributed by atoms with Gasteiger partial charge in [0.15, 0.2) is 0 Å². The molecule has 2 N–H and O–H groups in total. The predicted octanol–water partition coefficient (Wildman–Crippen LogP) is -0.517. The third-order valence-corrected chi connectivity index (χ3v) is 7.21. The van der Waals surface area contributed by atoms with E-state index in [2.05, 4.69) is 29.0 Å². The van der Waals surface area contributed by atoms with Crippen LogP contribution in [0.5, 0.6) is 0 Å². The van der Waals surface area contributed by atoms with Crippen LogP contribution in [-0.4, -0.2) is 88.8 Å². The Morgan fingerprint density at radius 2 is 1.83 bits per heavy atom. The standard InChI is InChI=1S/C17H26Cl2N4O5S.ClH/c1-21-5-8-23(2,9-6-21)7-4-10-29(26,27)22(25)13-11-14(18)16(15(19)12-13)20-17(24)28-3;/h11-12,25H,4-10H2,1-3H3;1H. The Kier molecular flexibility index (Phi) is 9.94. The van der Waals surface area contributed by atoms with Gasteiger partial charge in [-0.25, -0.2) is 13.2 Å². The fraction of sp³-hybridized carbons (Fsp3) is 0.588. The van der Waals surface area contributed by atoms with Crippen molar-refractivity contribution in [1.29, 1.82) is 0 Å². The highest BCUT2D eigenvalue weighted by Gasteiger charge is 2.29. The number of nitrogens with zero attached hydrogens (tertiary/aromatic N) is 3. The van der Waals surface area contributed by atoms with Crippen LogP contribution in [-0.2, 0) is 14.8 Å². The Morgan fingerprint density at radius 3 is 2.33 bits per heavy atom. The summed E-state index contributed by atoms with van der Waals surface area (Å²) in [7, 11) is 1.38. The SMILES string of the molecule is COC(=O)Nc1c(Cl)cc(N(O)S(=O)(=O)CCC[N+]2(C)CCN(C)CC2)cc1Cl.[Cl-]. The fourth-order valence-electron chi connectivity index (χ4n) is 3.09. The molecule has 0 unspecified atom stereocenters. The zero-order valence-electron chi connectivity index (χ0n) is 17.1. The van der Waals surface area contributed by atoms with Crippen molar-refractivity contribution in [3.63, 3.8) is 0 Å². The van der Waals surface area contributed by atoms with E-state index in [0.29, 0.717) is 13.0 Å². The average Bonchev–Trinajstić information content (AvgIpc) is 2.66. The quantitative estimate of drug-likeness (QED) is 0.382. The Hall–Kier alpha value is -1.01. The molecule has 0 aliphatic carbocycles. The molecule has 0 bridgehead atoms. The van der Waals surface area contributed by atoms with Crippen LogP contribution < -0.4 is 22.2 Å². The summed E-state index contributed by atoms with van der Waals surface area (Å²) in [4.78, 5) is 13.6. The molecule has 0 aromatic heterocycles. The Labute approximate surface area is 193 Å². The normalized spacial score (nSPS) is 16.5. The van der Waals surface area contributed by atoms with Crippen molar-refractivity contribution in [3.05, 3.63) is 22.2 Å². The van der Waals surface area contributed by atoms with Crippen LogP contribution in [0.3, 0.4) is 0 Å². The van der Waals surface area contributed by atoms with Gasteiger partial charge in [-0.1, -0.05) is 23.2 Å². The van der Waals surface area contributed by atoms with E-state index >= 15 is 0 Å². The van der Waals surface area contributed by atoms with E-state index in [-0.39, 0.29) is 44.0 Å². The van der Waals surface area contributed by atoms with Crippen LogP contribution in [0, 0.1) is 0 Å². The number of halogens is 3. The molecule has 0 spiro atoms. The molecule has 1 aliphatic heterocycles. The van der Waals surface area contributed by atoms with Crippen molar-refractivity contribution in [2.45, 2.75) is 6.42 Å². The van der Waals surface area contributed by atoms with Gasteiger partial charge in [0.25, 0.3) is 10.0 Å². The zero-order chi connectivity index (χ0) is 21.8. The topological polar surface area (TPSA) is 99.2 Å². The maximum absolute atomic E-state index is 12.5. The number of carbonyl (C=O) groups excluding carboxylic acids is 1. The molecule has 172 valence electrons. The summed E-state index contributed by atoms with van der Waals surface area (Å²) in [6.07, 6.45) is -0.376. The average molecular weight is 506 g/mol. The first-order valence-corrected chi connectivity index (χ1v) is 11.4. The van der Waals surface area contributed by atoms with Gasteiger partial charge in [0.1, 0.15) is 0 Å². The number of likely N-dealkylation sites (N-methyl/N-ethyl adjacent to an activating group) is 2. The summed E-state index contributed by atoms with van der Waals surface area (Å²) in [6, 6.07) is 2.40. The lowest BCUT2D eigenvalue weighted by molar-refractivity contribution is -0.913. The Bertz CT molecular complexity index is 825. The number of rotatable bonds is 7. The zero-order valence-corrected chi connectivity index (χ0v) is 20.2. The van der Waals surface area contributed by atoms with Crippen molar-refractivity contribution in [2.75, 3.05) is 69.5 Å². The molecule has 1 aliphatic rings. The summed E-state index contributed by atoms with van der Waals surface area (Å²) in [6.45, 7) is 4.56. The molecule has 13 heteroatoms. The first-order valence-electron chi connectivity index (χ1n) is 9.05. The molecule has 1 amide bonds. The van der Waals surface area contributed by atoms with Crippen LogP contribution in [0.15, 0.2) is 12.1 Å². The summed E-state index contributed by atoms with van der Waals surface area (Å²) >= 11 is 12.1. The van der Waals surface area contributed by atoms with Crippen LogP contribution in [0.1, 0.15) is 6.42 Å². The van der Waals surface area contributed by atoms with Gasteiger partial charge in [0, 0.05) is 19.5 Å². The summed E-state index contributed by atoms with van der Waals surface area (Å²) < 4.78 is 30.5. The molecule has 30 heavy (non-hydrogen) atoms. The lowest BCUT2D eigenvalue weighted by Gasteiger charge is -2.41. The lowest BCUT2D eigenvalue weighted by atomic mass is 10.2. The molecule has 2 rings (SSSR count). The molecule has 1 heterocycles. The van der Waals surface area contributed by atoms with E-state index < -0.39 is 16.1 Å². The van der Waals surface area contributed by atoms with E-state index in [0.717, 1.165) is 30.7 Å². The minimum atomic E-state index is -3.99. The van der Waals surface area contributed by atoms with Gasteiger partial charge in [-0.3, -0.25) is 15.4 Å². The van der Waals surface area contributed by atoms with E-state index in [1.807, 2.05) is 0 Å². The number of hydrogen-bond donors (Lipinski definition) is 2. The number of piperazine rings is 1. The Morgan fingerprint density at radius 1 is 1.30 bits per heavy atom. The highest BCUT2D eigenvalue weighted by molar-refractivity contribution is 7.92. The fourth-order valence-corrected chi connectivity index (χ4v) is 4.75. The van der Waals surface area contributed by atoms with Crippen LogP contribution in [0.2, 0.25) is 10.0 Å². The first-order chi connectivity index (χ1) is 13.5. The van der Waals surface area contributed by atoms with Crippen molar-refractivity contribution >= 4 is 50.7 Å². The highest BCUT2D eigenvalue weighted by Crippen LogP contribution is 2.35. The van der Waals surface area contributed by atoms with Crippen LogP contribution in [0.4, 0.5) is 16.2 Å². The van der Waals surface area contributed by atoms with Gasteiger partial charge >= 0.3 is 6.09 Å². The largest absolute Gasteiger partial charge is 1.00 e. The number of methoxy groups -OCH3 is 1. The van der Waals surface area contributed by atoms with Gasteiger partial charge in [0.2, 0.25) is 0 Å². The molecule has 1 saturated heterocycles. The number of ether oxygens (including phenoxy) is 1. The van der Waals surface area contributed by atoms with Gasteiger partial charge in [-0.05, 0) is 19.2 Å². The molecule has 0 atom stereocenters. The number of benzene rings is 1. The molecule has 1 aromatic carbocycles. The van der Waals surface area contributed by atoms with Gasteiger partial charge < -0.3 is 21.6 Å². The van der Waals surface area contributed by atoms with Crippen molar-refractivity contribution in [1.82, 2.24) is 4.90 Å². The molecule has 0 saturated carbocycles. The van der Waals surface area contributed by atoms with E-state index in [1.54, 1.807) is 0 Å². The summed E-state index contributed by atoms with van der Waals surface area (Å²) in [5.41, 5.74) is -0.0577. The minimum Gasteiger partial charge on any atom is -1.00 e. The maximum Gasteiger partial charge on any atom is 0.411 e. The molecule has 1 fully saturated rings. The predicted molar refractivity (Wildman–Crippen MR) is 113 cm³/mol. The van der Waals surface area contributed by atoms with Crippen molar-refractivity contribution in [2.24, 2.45) is 0 Å². The lowest BCUT2D eigenvalue weighted by Crippen LogP contribution is -3.00. The smallest absolute Gasteiger partial charge is 0.411 e. The van der Waals surface area contributed by atoms with Gasteiger partial charge in [-0.15, -0.1) is 4.47 Å². The summed E-state index contributed by atoms with van der Waals surface area (Å²) in [5.74, 6) is -0.218. The second-order valence-corrected chi connectivity index (χ2v) is 10.1. The summed E-state index contributed by atoms with van der Waals surface area (Å²) in [5, 5.41) is 12.5. The monoisotopic (exact) mass is 504 g/mol. The second-order valence-electron chi connectivity index (χ2n) is 7.41. The Balaban J connectivity index is 0.00000450. The number of amides is 1. The number of hydrogen-bond acceptors (Lipinski definition) is 6. The van der Waals surface area contributed by atoms with E-state index in [1.165, 1.54) is 19.2 Å². The van der Waals surface area contributed by atoms with Gasteiger partial charge in [-0.2, -0.15) is 0 Å². The van der Waals surface area contributed by atoms with Crippen LogP contribution in [0.25, 0.3) is 0 Å². The van der Waals surface area contributed by atoms with E-state index in [9.17, 15) is 18.4 Å². The van der Waals surface area contributed by atoms with E-state index in [4.69, 9.17) is 23.2 Å². The molecular formula is C17H27Cl3N4O5S. The maximum atomic E-state index is 12.5. The minimum absolute atomic E-state index is 0. The number of quaternary nitrogens is 1. The molecule has 0 radical (unpaired) electrons. The highest BCUT2D eigenvalue weighted by atomic mass is 35.5.